The third kappa shape index (κ3) is 2.48. The van der Waals surface area contributed by atoms with Gasteiger partial charge in [-0.05, 0) is 18.8 Å². The van der Waals surface area contributed by atoms with Crippen molar-refractivity contribution in [3.63, 3.8) is 0 Å². The first-order chi connectivity index (χ1) is 5.73. The number of rotatable bonds is 6. The summed E-state index contributed by atoms with van der Waals surface area (Å²) in [5.41, 5.74) is -0.234. The van der Waals surface area contributed by atoms with Crippen LogP contribution in [0.4, 0.5) is 0 Å². The maximum absolute atomic E-state index is 9.89. The lowest BCUT2D eigenvalue weighted by atomic mass is 10.1. The molecule has 0 saturated heterocycles. The van der Waals surface area contributed by atoms with Gasteiger partial charge >= 0.3 is 0 Å². The van der Waals surface area contributed by atoms with Crippen LogP contribution in [0, 0.1) is 5.92 Å². The molecule has 1 fully saturated rings. The molecule has 1 heteroatoms. The van der Waals surface area contributed by atoms with E-state index in [9.17, 15) is 5.11 Å². The molecule has 0 aliphatic heterocycles. The zero-order chi connectivity index (χ0) is 9.03. The van der Waals surface area contributed by atoms with Crippen molar-refractivity contribution >= 4 is 0 Å². The molecule has 2 atom stereocenters. The predicted octanol–water partition coefficient (Wildman–Crippen LogP) is 3.12. The van der Waals surface area contributed by atoms with E-state index in [0.29, 0.717) is 5.92 Å². The van der Waals surface area contributed by atoms with Gasteiger partial charge in [-0.3, -0.25) is 0 Å². The smallest absolute Gasteiger partial charge is 0.0680 e. The number of unbranched alkanes of at least 4 members (excludes halogenated alkanes) is 3. The van der Waals surface area contributed by atoms with Crippen molar-refractivity contribution in [2.24, 2.45) is 5.92 Å². The zero-order valence-electron chi connectivity index (χ0n) is 8.47. The third-order valence-electron chi connectivity index (χ3n) is 3.16. The summed E-state index contributed by atoms with van der Waals surface area (Å²) in [5.74, 6) is 0.624. The molecule has 1 rings (SSSR count). The molecule has 0 heterocycles. The highest BCUT2D eigenvalue weighted by Gasteiger charge is 2.50. The van der Waals surface area contributed by atoms with E-state index in [1.807, 2.05) is 0 Å². The normalized spacial score (nSPS) is 33.8. The molecule has 1 saturated carbocycles. The Hall–Kier alpha value is -0.0400. The molecule has 12 heavy (non-hydrogen) atoms. The van der Waals surface area contributed by atoms with E-state index in [2.05, 4.69) is 13.8 Å². The molecular formula is C11H22O. The van der Waals surface area contributed by atoms with Gasteiger partial charge in [-0.15, -0.1) is 0 Å². The van der Waals surface area contributed by atoms with Crippen LogP contribution in [0.1, 0.15) is 58.8 Å². The molecule has 72 valence electrons. The number of hydrogen-bond donors (Lipinski definition) is 1. The van der Waals surface area contributed by atoms with Crippen LogP contribution < -0.4 is 0 Å². The Balaban J connectivity index is 2.01. The molecule has 0 aromatic carbocycles. The Morgan fingerprint density at radius 2 is 2.00 bits per heavy atom. The second-order valence-electron chi connectivity index (χ2n) is 4.22. The van der Waals surface area contributed by atoms with Gasteiger partial charge in [-0.25, -0.2) is 0 Å². The van der Waals surface area contributed by atoms with Crippen molar-refractivity contribution in [1.29, 1.82) is 0 Å². The van der Waals surface area contributed by atoms with Crippen molar-refractivity contribution in [3.05, 3.63) is 0 Å². The summed E-state index contributed by atoms with van der Waals surface area (Å²) in [7, 11) is 0. The molecule has 0 aromatic rings. The first-order valence-electron chi connectivity index (χ1n) is 5.45. The largest absolute Gasteiger partial charge is 0.390 e. The average Bonchev–Trinajstić information content (AvgIpc) is 2.72. The summed E-state index contributed by atoms with van der Waals surface area (Å²) >= 11 is 0. The topological polar surface area (TPSA) is 20.2 Å². The van der Waals surface area contributed by atoms with E-state index in [-0.39, 0.29) is 5.60 Å². The number of hydrogen-bond acceptors (Lipinski definition) is 1. The zero-order valence-corrected chi connectivity index (χ0v) is 8.47. The molecule has 1 aliphatic rings. The van der Waals surface area contributed by atoms with Gasteiger partial charge in [0.05, 0.1) is 5.60 Å². The van der Waals surface area contributed by atoms with Gasteiger partial charge in [0.2, 0.25) is 0 Å². The minimum absolute atomic E-state index is 0.234. The quantitative estimate of drug-likeness (QED) is 0.607. The minimum atomic E-state index is -0.234. The van der Waals surface area contributed by atoms with E-state index in [0.717, 1.165) is 19.3 Å². The molecule has 1 aliphatic carbocycles. The molecular weight excluding hydrogens is 148 g/mol. The van der Waals surface area contributed by atoms with Crippen LogP contribution in [0.15, 0.2) is 0 Å². The standard InChI is InChI=1S/C11H22O/c1-3-5-6-7-8-11(12)9-10(11)4-2/h10,12H,3-9H2,1-2H3/t10-,11-/m0/s1. The summed E-state index contributed by atoms with van der Waals surface area (Å²) < 4.78 is 0. The lowest BCUT2D eigenvalue weighted by Gasteiger charge is -2.08. The van der Waals surface area contributed by atoms with E-state index >= 15 is 0 Å². The predicted molar refractivity (Wildman–Crippen MR) is 52.1 cm³/mol. The van der Waals surface area contributed by atoms with E-state index in [1.54, 1.807) is 0 Å². The van der Waals surface area contributed by atoms with Crippen molar-refractivity contribution in [2.75, 3.05) is 0 Å². The van der Waals surface area contributed by atoms with Crippen LogP contribution in [-0.2, 0) is 0 Å². The van der Waals surface area contributed by atoms with Crippen molar-refractivity contribution in [1.82, 2.24) is 0 Å². The average molecular weight is 170 g/mol. The number of aliphatic hydroxyl groups is 1. The van der Waals surface area contributed by atoms with Gasteiger partial charge in [0.25, 0.3) is 0 Å². The summed E-state index contributed by atoms with van der Waals surface area (Å²) in [6.45, 7) is 4.40. The summed E-state index contributed by atoms with van der Waals surface area (Å²) in [6, 6.07) is 0. The highest BCUT2D eigenvalue weighted by atomic mass is 16.3. The Labute approximate surface area is 76.2 Å². The first kappa shape index (κ1) is 10.0. The van der Waals surface area contributed by atoms with E-state index in [1.165, 1.54) is 25.7 Å². The van der Waals surface area contributed by atoms with Crippen molar-refractivity contribution < 1.29 is 5.11 Å². The Kier molecular flexibility index (Phi) is 3.57. The van der Waals surface area contributed by atoms with Crippen LogP contribution >= 0.6 is 0 Å². The highest BCUT2D eigenvalue weighted by Crippen LogP contribution is 2.48. The van der Waals surface area contributed by atoms with E-state index < -0.39 is 0 Å². The van der Waals surface area contributed by atoms with Gasteiger partial charge in [0.15, 0.2) is 0 Å². The van der Waals surface area contributed by atoms with Crippen LogP contribution in [0.3, 0.4) is 0 Å². The summed E-state index contributed by atoms with van der Waals surface area (Å²) in [6.07, 6.45) is 8.41. The molecule has 1 N–H and O–H groups in total. The maximum atomic E-state index is 9.89. The van der Waals surface area contributed by atoms with Crippen molar-refractivity contribution in [2.45, 2.75) is 64.4 Å². The molecule has 0 amide bonds. The molecule has 0 aromatic heterocycles. The Morgan fingerprint density at radius 3 is 2.50 bits per heavy atom. The second-order valence-corrected chi connectivity index (χ2v) is 4.22. The van der Waals surface area contributed by atoms with Gasteiger partial charge < -0.3 is 5.11 Å². The third-order valence-corrected chi connectivity index (χ3v) is 3.16. The van der Waals surface area contributed by atoms with Gasteiger partial charge in [0.1, 0.15) is 0 Å². The van der Waals surface area contributed by atoms with Crippen molar-refractivity contribution in [3.8, 4) is 0 Å². The molecule has 0 unspecified atom stereocenters. The minimum Gasteiger partial charge on any atom is -0.390 e. The molecule has 0 bridgehead atoms. The van der Waals surface area contributed by atoms with Crippen LogP contribution in [-0.4, -0.2) is 10.7 Å². The fourth-order valence-electron chi connectivity index (χ4n) is 2.06. The SMILES string of the molecule is CCCCCC[C@]1(O)C[C@@H]1CC. The monoisotopic (exact) mass is 170 g/mol. The second kappa shape index (κ2) is 4.27. The van der Waals surface area contributed by atoms with Crippen LogP contribution in [0.25, 0.3) is 0 Å². The van der Waals surface area contributed by atoms with Gasteiger partial charge in [0, 0.05) is 0 Å². The maximum Gasteiger partial charge on any atom is 0.0680 e. The Bertz CT molecular complexity index is 133. The van der Waals surface area contributed by atoms with Crippen LogP contribution in [0.2, 0.25) is 0 Å². The lowest BCUT2D eigenvalue weighted by molar-refractivity contribution is 0.117. The Morgan fingerprint density at radius 1 is 1.25 bits per heavy atom. The highest BCUT2D eigenvalue weighted by molar-refractivity contribution is 5.02. The first-order valence-corrected chi connectivity index (χ1v) is 5.45. The fourth-order valence-corrected chi connectivity index (χ4v) is 2.06. The summed E-state index contributed by atoms with van der Waals surface area (Å²) in [5, 5.41) is 9.89. The molecule has 0 radical (unpaired) electrons. The van der Waals surface area contributed by atoms with E-state index in [4.69, 9.17) is 0 Å². The van der Waals surface area contributed by atoms with Gasteiger partial charge in [-0.2, -0.15) is 0 Å². The van der Waals surface area contributed by atoms with Gasteiger partial charge in [-0.1, -0.05) is 46.0 Å². The fraction of sp³-hybridized carbons (Fsp3) is 1.00. The summed E-state index contributed by atoms with van der Waals surface area (Å²) in [4.78, 5) is 0. The lowest BCUT2D eigenvalue weighted by Crippen LogP contribution is -2.10. The molecule has 1 nitrogen and oxygen atoms in total. The molecule has 0 spiro atoms. The van der Waals surface area contributed by atoms with Crippen LogP contribution in [0.5, 0.6) is 0 Å².